The lowest BCUT2D eigenvalue weighted by Crippen LogP contribution is -2.48. The Morgan fingerprint density at radius 3 is 2.47 bits per heavy atom. The van der Waals surface area contributed by atoms with Crippen molar-refractivity contribution >= 4 is 5.69 Å². The number of aliphatic hydroxyl groups is 1. The quantitative estimate of drug-likeness (QED) is 0.886. The Kier molecular flexibility index (Phi) is 4.83. The van der Waals surface area contributed by atoms with Crippen LogP contribution in [0.4, 0.5) is 5.69 Å². The van der Waals surface area contributed by atoms with Gasteiger partial charge in [-0.3, -0.25) is 0 Å². The van der Waals surface area contributed by atoms with Crippen molar-refractivity contribution in [2.24, 2.45) is 5.92 Å². The number of hydrogen-bond donors (Lipinski definition) is 1. The van der Waals surface area contributed by atoms with Gasteiger partial charge in [0.2, 0.25) is 0 Å². The van der Waals surface area contributed by atoms with Crippen LogP contribution < -0.4 is 4.90 Å². The molecule has 1 aromatic carbocycles. The van der Waals surface area contributed by atoms with Crippen molar-refractivity contribution in [3.8, 4) is 0 Å². The summed E-state index contributed by atoms with van der Waals surface area (Å²) in [4.78, 5) is 2.36. The summed E-state index contributed by atoms with van der Waals surface area (Å²) < 4.78 is 5.12. The molecule has 0 radical (unpaired) electrons. The molecule has 0 spiro atoms. The summed E-state index contributed by atoms with van der Waals surface area (Å²) in [7, 11) is 1.72. The molecule has 3 heteroatoms. The Balaban J connectivity index is 1.91. The van der Waals surface area contributed by atoms with E-state index in [0.717, 1.165) is 39.0 Å². The molecule has 1 N–H and O–H groups in total. The largest absolute Gasteiger partial charge is 0.389 e. The Morgan fingerprint density at radius 2 is 1.89 bits per heavy atom. The van der Waals surface area contributed by atoms with Crippen LogP contribution in [0.25, 0.3) is 0 Å². The van der Waals surface area contributed by atoms with Gasteiger partial charge >= 0.3 is 0 Å². The van der Waals surface area contributed by atoms with E-state index in [-0.39, 0.29) is 0 Å². The van der Waals surface area contributed by atoms with E-state index in [1.165, 1.54) is 5.69 Å². The minimum Gasteiger partial charge on any atom is -0.389 e. The van der Waals surface area contributed by atoms with E-state index >= 15 is 0 Å². The minimum absolute atomic E-state index is 0.297. The third-order valence-corrected chi connectivity index (χ3v) is 4.42. The van der Waals surface area contributed by atoms with Gasteiger partial charge in [0.1, 0.15) is 0 Å². The fourth-order valence-electron chi connectivity index (χ4n) is 2.85. The van der Waals surface area contributed by atoms with Crippen LogP contribution in [0.1, 0.15) is 26.2 Å². The maximum Gasteiger partial charge on any atom is 0.0707 e. The first-order chi connectivity index (χ1) is 9.15. The van der Waals surface area contributed by atoms with Crippen LogP contribution in [0.5, 0.6) is 0 Å². The molecule has 1 aromatic rings. The fourth-order valence-corrected chi connectivity index (χ4v) is 2.85. The third-order valence-electron chi connectivity index (χ3n) is 4.42. The molecule has 1 heterocycles. The second-order valence-corrected chi connectivity index (χ2v) is 5.61. The average Bonchev–Trinajstić information content (AvgIpc) is 2.46. The van der Waals surface area contributed by atoms with Crippen LogP contribution in [0.3, 0.4) is 0 Å². The molecule has 1 unspecified atom stereocenters. The molecule has 0 bridgehead atoms. The maximum atomic E-state index is 10.7. The predicted molar refractivity (Wildman–Crippen MR) is 78.5 cm³/mol. The lowest BCUT2D eigenvalue weighted by Gasteiger charge is -2.42. The number of benzene rings is 1. The lowest BCUT2D eigenvalue weighted by molar-refractivity contribution is -0.0416. The zero-order chi connectivity index (χ0) is 13.7. The van der Waals surface area contributed by atoms with Gasteiger partial charge in [0.15, 0.2) is 0 Å². The van der Waals surface area contributed by atoms with Crippen LogP contribution in [-0.4, -0.2) is 37.5 Å². The van der Waals surface area contributed by atoms with Crippen molar-refractivity contribution in [3.63, 3.8) is 0 Å². The number of hydrogen-bond acceptors (Lipinski definition) is 3. The molecule has 1 atom stereocenters. The molecular weight excluding hydrogens is 238 g/mol. The highest BCUT2D eigenvalue weighted by atomic mass is 16.5. The number of rotatable bonds is 5. The summed E-state index contributed by atoms with van der Waals surface area (Å²) in [5.74, 6) is 0.297. The monoisotopic (exact) mass is 263 g/mol. The molecule has 0 saturated carbocycles. The highest BCUT2D eigenvalue weighted by Crippen LogP contribution is 2.33. The third kappa shape index (κ3) is 3.48. The summed E-state index contributed by atoms with van der Waals surface area (Å²) in [6.45, 7) is 4.72. The molecule has 1 fully saturated rings. The van der Waals surface area contributed by atoms with Crippen molar-refractivity contribution in [3.05, 3.63) is 30.3 Å². The topological polar surface area (TPSA) is 32.7 Å². The summed E-state index contributed by atoms with van der Waals surface area (Å²) in [5, 5.41) is 10.7. The summed E-state index contributed by atoms with van der Waals surface area (Å²) in [6.07, 6.45) is 2.61. The van der Waals surface area contributed by atoms with Gasteiger partial charge in [0.25, 0.3) is 0 Å². The molecule has 0 aromatic heterocycles. The van der Waals surface area contributed by atoms with Crippen LogP contribution >= 0.6 is 0 Å². The van der Waals surface area contributed by atoms with E-state index in [9.17, 15) is 5.11 Å². The van der Waals surface area contributed by atoms with Crippen molar-refractivity contribution in [2.75, 3.05) is 31.7 Å². The van der Waals surface area contributed by atoms with E-state index in [2.05, 4.69) is 36.1 Å². The molecule has 19 heavy (non-hydrogen) atoms. The summed E-state index contributed by atoms with van der Waals surface area (Å²) in [6, 6.07) is 10.4. The van der Waals surface area contributed by atoms with Crippen LogP contribution in [0.15, 0.2) is 30.3 Å². The number of ether oxygens (including phenoxy) is 1. The lowest BCUT2D eigenvalue weighted by atomic mass is 9.79. The standard InChI is InChI=1S/C16H25NO2/c1-14(8-13-19-2)16(18)9-11-17(12-10-16)15-6-4-3-5-7-15/h3-7,14,18H,8-13H2,1-2H3. The van der Waals surface area contributed by atoms with Crippen LogP contribution in [0, 0.1) is 5.92 Å². The minimum atomic E-state index is -0.524. The smallest absolute Gasteiger partial charge is 0.0707 e. The average molecular weight is 263 g/mol. The van der Waals surface area contributed by atoms with Crippen molar-refractivity contribution in [2.45, 2.75) is 31.8 Å². The van der Waals surface area contributed by atoms with E-state index in [1.807, 2.05) is 6.07 Å². The molecule has 0 amide bonds. The number of nitrogens with zero attached hydrogens (tertiary/aromatic N) is 1. The highest BCUT2D eigenvalue weighted by molar-refractivity contribution is 5.46. The molecule has 2 rings (SSSR count). The van der Waals surface area contributed by atoms with Gasteiger partial charge in [-0.15, -0.1) is 0 Å². The van der Waals surface area contributed by atoms with Gasteiger partial charge < -0.3 is 14.7 Å². The number of piperidine rings is 1. The first-order valence-electron chi connectivity index (χ1n) is 7.17. The molecule has 1 saturated heterocycles. The Bertz CT molecular complexity index is 372. The molecule has 1 aliphatic heterocycles. The Labute approximate surface area is 116 Å². The second-order valence-electron chi connectivity index (χ2n) is 5.61. The van der Waals surface area contributed by atoms with Gasteiger partial charge in [-0.25, -0.2) is 0 Å². The summed E-state index contributed by atoms with van der Waals surface area (Å²) in [5.41, 5.74) is 0.734. The highest BCUT2D eigenvalue weighted by Gasteiger charge is 2.36. The van der Waals surface area contributed by atoms with Gasteiger partial charge in [-0.2, -0.15) is 0 Å². The predicted octanol–water partition coefficient (Wildman–Crippen LogP) is 2.69. The molecule has 3 nitrogen and oxygen atoms in total. The van der Waals surface area contributed by atoms with E-state index in [1.54, 1.807) is 7.11 Å². The molecule has 1 aliphatic rings. The zero-order valence-electron chi connectivity index (χ0n) is 12.0. The van der Waals surface area contributed by atoms with Gasteiger partial charge in [-0.05, 0) is 37.3 Å². The Morgan fingerprint density at radius 1 is 1.26 bits per heavy atom. The summed E-state index contributed by atoms with van der Waals surface area (Å²) >= 11 is 0. The maximum absolute atomic E-state index is 10.7. The number of anilines is 1. The first kappa shape index (κ1) is 14.4. The van der Waals surface area contributed by atoms with E-state index in [0.29, 0.717) is 5.92 Å². The SMILES string of the molecule is COCCC(C)C1(O)CCN(c2ccccc2)CC1. The first-order valence-corrected chi connectivity index (χ1v) is 7.17. The number of methoxy groups -OCH3 is 1. The van der Waals surface area contributed by atoms with Gasteiger partial charge in [-0.1, -0.05) is 25.1 Å². The van der Waals surface area contributed by atoms with Crippen LogP contribution in [0.2, 0.25) is 0 Å². The number of para-hydroxylation sites is 1. The van der Waals surface area contributed by atoms with Crippen LogP contribution in [-0.2, 0) is 4.74 Å². The van der Waals surface area contributed by atoms with Crippen molar-refractivity contribution in [1.82, 2.24) is 0 Å². The molecule has 0 aliphatic carbocycles. The molecular formula is C16H25NO2. The normalized spacial score (nSPS) is 20.3. The zero-order valence-corrected chi connectivity index (χ0v) is 12.0. The van der Waals surface area contributed by atoms with Gasteiger partial charge in [0, 0.05) is 32.5 Å². The van der Waals surface area contributed by atoms with E-state index < -0.39 is 5.60 Å². The van der Waals surface area contributed by atoms with E-state index in [4.69, 9.17) is 4.74 Å². The van der Waals surface area contributed by atoms with Gasteiger partial charge in [0.05, 0.1) is 5.60 Å². The second kappa shape index (κ2) is 6.40. The van der Waals surface area contributed by atoms with Crippen molar-refractivity contribution in [1.29, 1.82) is 0 Å². The molecule has 106 valence electrons. The van der Waals surface area contributed by atoms with Crippen molar-refractivity contribution < 1.29 is 9.84 Å². The fraction of sp³-hybridized carbons (Fsp3) is 0.625. The Hall–Kier alpha value is -1.06.